The van der Waals surface area contributed by atoms with Gasteiger partial charge in [-0.2, -0.15) is 0 Å². The third kappa shape index (κ3) is 6.71. The number of likely N-dealkylation sites (tertiary alicyclic amines) is 1. The minimum Gasteiger partial charge on any atom is -0.493 e. The summed E-state index contributed by atoms with van der Waals surface area (Å²) in [7, 11) is 2.98. The number of anilines is 1. The number of hydrogen-bond acceptors (Lipinski definition) is 7. The number of nitrogens with one attached hydrogen (secondary N) is 1. The summed E-state index contributed by atoms with van der Waals surface area (Å²) in [6.07, 6.45) is 4.95. The molecule has 10 nitrogen and oxygen atoms in total. The number of amides is 1. The standard InChI is InChI=1S/C35H34ClF2N5O5/c1-21-33(41(2)35(45)43(21)23-8-9-26(37)25(36)18-23)34(44)40-22-7-10-30(27(38)17-22)48-29-11-12-39-28-20-32(31(46-3)19-24(28)29)47-16-6-15-42-13-4-5-14-42/h7-12,17-20H,4-6,13-16H2,1-3H3,(H,40,44). The lowest BCUT2D eigenvalue weighted by molar-refractivity contribution is 0.101. The van der Waals surface area contributed by atoms with Crippen molar-refractivity contribution in [2.75, 3.05) is 38.7 Å². The zero-order valence-electron chi connectivity index (χ0n) is 26.7. The van der Waals surface area contributed by atoms with E-state index in [4.69, 9.17) is 25.8 Å². The van der Waals surface area contributed by atoms with Gasteiger partial charge in [-0.05, 0) is 81.7 Å². The molecular weight excluding hydrogens is 644 g/mol. The fourth-order valence-corrected chi connectivity index (χ4v) is 6.09. The molecule has 3 aromatic carbocycles. The first-order valence-electron chi connectivity index (χ1n) is 15.5. The van der Waals surface area contributed by atoms with Crippen molar-refractivity contribution >= 4 is 34.1 Å². The maximum atomic E-state index is 15.4. The van der Waals surface area contributed by atoms with Gasteiger partial charge in [0.05, 0.1) is 35.6 Å². The van der Waals surface area contributed by atoms with E-state index in [-0.39, 0.29) is 22.2 Å². The van der Waals surface area contributed by atoms with Gasteiger partial charge in [-0.1, -0.05) is 11.6 Å². The molecule has 2 aromatic heterocycles. The summed E-state index contributed by atoms with van der Waals surface area (Å²) in [6.45, 7) is 5.37. The molecule has 48 heavy (non-hydrogen) atoms. The molecule has 250 valence electrons. The van der Waals surface area contributed by atoms with Gasteiger partial charge in [0.25, 0.3) is 5.91 Å². The van der Waals surface area contributed by atoms with Gasteiger partial charge in [0.2, 0.25) is 0 Å². The van der Waals surface area contributed by atoms with Gasteiger partial charge in [0.15, 0.2) is 23.1 Å². The number of benzene rings is 3. The van der Waals surface area contributed by atoms with E-state index in [2.05, 4.69) is 15.2 Å². The van der Waals surface area contributed by atoms with E-state index in [0.29, 0.717) is 46.1 Å². The smallest absolute Gasteiger partial charge is 0.333 e. The summed E-state index contributed by atoms with van der Waals surface area (Å²) in [5.74, 6) is -0.677. The molecule has 1 fully saturated rings. The van der Waals surface area contributed by atoms with E-state index in [9.17, 15) is 14.0 Å². The Hall–Kier alpha value is -4.94. The predicted octanol–water partition coefficient (Wildman–Crippen LogP) is 6.88. The van der Waals surface area contributed by atoms with E-state index in [1.807, 2.05) is 0 Å². The first-order valence-corrected chi connectivity index (χ1v) is 15.9. The molecule has 0 radical (unpaired) electrons. The molecule has 1 N–H and O–H groups in total. The minimum atomic E-state index is -0.730. The molecule has 0 unspecified atom stereocenters. The van der Waals surface area contributed by atoms with E-state index in [1.165, 1.54) is 48.7 Å². The fraction of sp³-hybridized carbons (Fsp3) is 0.286. The second-order valence-electron chi connectivity index (χ2n) is 11.5. The molecule has 1 saturated heterocycles. The van der Waals surface area contributed by atoms with Gasteiger partial charge in [-0.25, -0.2) is 13.6 Å². The first kappa shape index (κ1) is 33.0. The number of halogens is 3. The van der Waals surface area contributed by atoms with Gasteiger partial charge in [-0.15, -0.1) is 0 Å². The van der Waals surface area contributed by atoms with Crippen LogP contribution in [0.1, 0.15) is 35.4 Å². The van der Waals surface area contributed by atoms with Gasteiger partial charge in [-0.3, -0.25) is 18.9 Å². The van der Waals surface area contributed by atoms with Crippen LogP contribution < -0.4 is 25.2 Å². The molecule has 1 aliphatic rings. The highest BCUT2D eigenvalue weighted by atomic mass is 35.5. The van der Waals surface area contributed by atoms with Crippen LogP contribution in [0.2, 0.25) is 5.02 Å². The van der Waals surface area contributed by atoms with Crippen molar-refractivity contribution in [3.8, 4) is 28.7 Å². The van der Waals surface area contributed by atoms with Crippen LogP contribution in [0.5, 0.6) is 23.0 Å². The number of fused-ring (bicyclic) bond motifs is 1. The van der Waals surface area contributed by atoms with Crippen LogP contribution in [0.4, 0.5) is 14.5 Å². The zero-order valence-corrected chi connectivity index (χ0v) is 27.4. The average Bonchev–Trinajstić information content (AvgIpc) is 3.67. The van der Waals surface area contributed by atoms with Crippen molar-refractivity contribution in [2.24, 2.45) is 7.05 Å². The largest absolute Gasteiger partial charge is 0.493 e. The van der Waals surface area contributed by atoms with Crippen LogP contribution in [0.25, 0.3) is 16.6 Å². The number of carbonyl (C=O) groups excluding carboxylic acids is 1. The van der Waals surface area contributed by atoms with Crippen molar-refractivity contribution in [1.82, 2.24) is 19.0 Å². The second-order valence-corrected chi connectivity index (χ2v) is 11.9. The van der Waals surface area contributed by atoms with E-state index in [0.717, 1.165) is 42.8 Å². The lowest BCUT2D eigenvalue weighted by Gasteiger charge is -2.16. The van der Waals surface area contributed by atoms with Gasteiger partial charge in [0, 0.05) is 43.0 Å². The van der Waals surface area contributed by atoms with Crippen LogP contribution in [-0.4, -0.2) is 58.3 Å². The monoisotopic (exact) mass is 677 g/mol. The SMILES string of the molecule is COc1cc2c(Oc3ccc(NC(=O)c4c(C)n(-c5ccc(F)c(Cl)c5)c(=O)n4C)cc3F)ccnc2cc1OCCCN1CCCC1. The Morgan fingerprint density at radius 2 is 1.77 bits per heavy atom. The number of carbonyl (C=O) groups is 1. The molecule has 5 aromatic rings. The Kier molecular flexibility index (Phi) is 9.65. The predicted molar refractivity (Wildman–Crippen MR) is 179 cm³/mol. The first-order chi connectivity index (χ1) is 23.1. The summed E-state index contributed by atoms with van der Waals surface area (Å²) < 4.78 is 49.1. The molecular formula is C35H34ClF2N5O5. The number of pyridine rings is 1. The van der Waals surface area contributed by atoms with E-state index >= 15 is 4.39 Å². The fourth-order valence-electron chi connectivity index (χ4n) is 5.92. The quantitative estimate of drug-likeness (QED) is 0.152. The maximum Gasteiger partial charge on any atom is 0.333 e. The molecule has 0 bridgehead atoms. The summed E-state index contributed by atoms with van der Waals surface area (Å²) in [5, 5.41) is 3.07. The molecule has 0 spiro atoms. The van der Waals surface area contributed by atoms with E-state index < -0.39 is 23.2 Å². The van der Waals surface area contributed by atoms with Crippen LogP contribution >= 0.6 is 11.6 Å². The highest BCUT2D eigenvalue weighted by molar-refractivity contribution is 6.30. The number of ether oxygens (including phenoxy) is 3. The lowest BCUT2D eigenvalue weighted by atomic mass is 10.1. The Balaban J connectivity index is 1.17. The second kappa shape index (κ2) is 14.0. The van der Waals surface area contributed by atoms with Gasteiger partial charge < -0.3 is 24.4 Å². The highest BCUT2D eigenvalue weighted by Gasteiger charge is 2.23. The Bertz CT molecular complexity index is 2060. The van der Waals surface area contributed by atoms with Crippen molar-refractivity contribution in [3.05, 3.63) is 99.3 Å². The topological polar surface area (TPSA) is 99.9 Å². The number of aromatic nitrogens is 3. The normalized spacial score (nSPS) is 13.2. The van der Waals surface area contributed by atoms with Crippen molar-refractivity contribution < 1.29 is 27.8 Å². The van der Waals surface area contributed by atoms with Gasteiger partial charge in [0.1, 0.15) is 17.3 Å². The molecule has 3 heterocycles. The third-order valence-electron chi connectivity index (χ3n) is 8.34. The Labute approximate surface area is 280 Å². The summed E-state index contributed by atoms with van der Waals surface area (Å²) in [4.78, 5) is 33.2. The summed E-state index contributed by atoms with van der Waals surface area (Å²) in [5.41, 5.74) is 0.814. The third-order valence-corrected chi connectivity index (χ3v) is 8.63. The molecule has 6 rings (SSSR count). The minimum absolute atomic E-state index is 0.0355. The molecule has 1 aliphatic heterocycles. The number of rotatable bonds is 11. The molecule has 13 heteroatoms. The van der Waals surface area contributed by atoms with Crippen molar-refractivity contribution in [3.63, 3.8) is 0 Å². The Morgan fingerprint density at radius 3 is 2.50 bits per heavy atom. The number of imidazole rings is 1. The van der Waals surface area contributed by atoms with Crippen LogP contribution in [-0.2, 0) is 7.05 Å². The molecule has 0 saturated carbocycles. The van der Waals surface area contributed by atoms with Crippen LogP contribution in [0.15, 0.2) is 65.6 Å². The Morgan fingerprint density at radius 1 is 0.979 bits per heavy atom. The lowest BCUT2D eigenvalue weighted by Crippen LogP contribution is -2.24. The highest BCUT2D eigenvalue weighted by Crippen LogP contribution is 2.38. The molecule has 0 aliphatic carbocycles. The number of methoxy groups -OCH3 is 1. The van der Waals surface area contributed by atoms with E-state index in [1.54, 1.807) is 38.4 Å². The van der Waals surface area contributed by atoms with Crippen molar-refractivity contribution in [1.29, 1.82) is 0 Å². The zero-order chi connectivity index (χ0) is 33.9. The number of nitrogens with zero attached hydrogens (tertiary/aromatic N) is 4. The maximum absolute atomic E-state index is 15.4. The van der Waals surface area contributed by atoms with Crippen molar-refractivity contribution in [2.45, 2.75) is 26.2 Å². The van der Waals surface area contributed by atoms with Gasteiger partial charge >= 0.3 is 5.69 Å². The number of hydrogen-bond donors (Lipinski definition) is 1. The van der Waals surface area contributed by atoms with Crippen LogP contribution in [0, 0.1) is 18.6 Å². The summed E-state index contributed by atoms with van der Waals surface area (Å²) >= 11 is 5.91. The molecule has 1 amide bonds. The average molecular weight is 678 g/mol. The summed E-state index contributed by atoms with van der Waals surface area (Å²) in [6, 6.07) is 13.0. The van der Waals surface area contributed by atoms with Crippen LogP contribution in [0.3, 0.4) is 0 Å². The molecule has 0 atom stereocenters.